The number of aromatic nitrogens is 3. The molecule has 11 heteroatoms. The maximum Gasteiger partial charge on any atom is 0.410 e. The first-order chi connectivity index (χ1) is 26.5. The lowest BCUT2D eigenvalue weighted by atomic mass is 9.88. The molecule has 0 aliphatic carbocycles. The van der Waals surface area contributed by atoms with Crippen molar-refractivity contribution in [1.82, 2.24) is 19.9 Å². The molecule has 2 fully saturated rings. The van der Waals surface area contributed by atoms with Crippen LogP contribution in [0, 0.1) is 23.1 Å². The van der Waals surface area contributed by atoms with E-state index in [1.165, 1.54) is 17.8 Å². The fraction of sp³-hybridized carbons (Fsp3) is 0.556. The van der Waals surface area contributed by atoms with Crippen LogP contribution in [0.3, 0.4) is 0 Å². The van der Waals surface area contributed by atoms with E-state index in [0.29, 0.717) is 62.7 Å². The van der Waals surface area contributed by atoms with Crippen molar-refractivity contribution in [2.45, 2.75) is 153 Å². The second-order valence-electron chi connectivity index (χ2n) is 17.9. The number of rotatable bonds is 7. The summed E-state index contributed by atoms with van der Waals surface area (Å²) in [6.07, 6.45) is 2.90. The molecule has 298 valence electrons. The molecular formula is C45H57F2N5O2SSi. The number of hydrogen-bond acceptors (Lipinski definition) is 7. The minimum Gasteiger partial charge on any atom is -0.444 e. The molecule has 3 aliphatic rings. The van der Waals surface area contributed by atoms with Crippen molar-refractivity contribution in [3.63, 3.8) is 0 Å². The standard InChI is InChI=1S/C45H57F2N5O2SSi/c1-12-28-23-35-34-20-18-30(52(34)44(53)54-45(9,10)11)24-51(35)42-37-39(28)48-40(38(47)41(37)49-43(50-42)55-13-2)32-16-14-15-29-17-19-33(46)31(36(29)32)21-22-56(25(3)4,26(5)6)27(7)8/h14-17,19,25-28,30,34-35H,12-13,18,20,23-24H2,1-11H3/t28-,30+,34-,35+/m0/s1. The summed E-state index contributed by atoms with van der Waals surface area (Å²) in [5, 5.41) is 2.48. The zero-order chi connectivity index (χ0) is 40.4. The van der Waals surface area contributed by atoms with Crippen molar-refractivity contribution >= 4 is 53.4 Å². The second kappa shape index (κ2) is 15.2. The molecule has 2 saturated heterocycles. The summed E-state index contributed by atoms with van der Waals surface area (Å²) in [4.78, 5) is 33.3. The zero-order valence-corrected chi connectivity index (χ0v) is 36.7. The van der Waals surface area contributed by atoms with E-state index in [4.69, 9.17) is 19.7 Å². The Bertz CT molecular complexity index is 2220. The van der Waals surface area contributed by atoms with E-state index < -0.39 is 25.3 Å². The van der Waals surface area contributed by atoms with Crippen molar-refractivity contribution in [3.05, 3.63) is 53.2 Å². The van der Waals surface area contributed by atoms with Crippen molar-refractivity contribution < 1.29 is 18.3 Å². The van der Waals surface area contributed by atoms with Gasteiger partial charge in [0.05, 0.1) is 34.8 Å². The number of amides is 1. The van der Waals surface area contributed by atoms with Gasteiger partial charge >= 0.3 is 6.09 Å². The van der Waals surface area contributed by atoms with Crippen molar-refractivity contribution in [2.24, 2.45) is 0 Å². The van der Waals surface area contributed by atoms with Crippen LogP contribution in [-0.2, 0) is 4.74 Å². The number of halogens is 2. The number of benzene rings is 2. The Morgan fingerprint density at radius 3 is 2.32 bits per heavy atom. The van der Waals surface area contributed by atoms with Gasteiger partial charge < -0.3 is 9.64 Å². The molecule has 0 unspecified atom stereocenters. The Labute approximate surface area is 336 Å². The van der Waals surface area contributed by atoms with Gasteiger partial charge in [0.2, 0.25) is 0 Å². The molecule has 0 spiro atoms. The van der Waals surface area contributed by atoms with E-state index in [0.717, 1.165) is 30.3 Å². The highest BCUT2D eigenvalue weighted by atomic mass is 32.2. The van der Waals surface area contributed by atoms with Crippen molar-refractivity contribution in [3.8, 4) is 22.7 Å². The molecular weight excluding hydrogens is 741 g/mol. The van der Waals surface area contributed by atoms with E-state index >= 15 is 8.78 Å². The lowest BCUT2D eigenvalue weighted by Crippen LogP contribution is -2.62. The molecule has 0 radical (unpaired) electrons. The van der Waals surface area contributed by atoms with Gasteiger partial charge in [0, 0.05) is 23.4 Å². The quantitative estimate of drug-likeness (QED) is 0.0798. The van der Waals surface area contributed by atoms with Gasteiger partial charge in [0.1, 0.15) is 36.5 Å². The second-order valence-corrected chi connectivity index (χ2v) is 24.7. The summed E-state index contributed by atoms with van der Waals surface area (Å²) in [7, 11) is -2.23. The van der Waals surface area contributed by atoms with Gasteiger partial charge in [-0.15, -0.1) is 5.54 Å². The van der Waals surface area contributed by atoms with Gasteiger partial charge in [0.25, 0.3) is 0 Å². The molecule has 0 saturated carbocycles. The Hall–Kier alpha value is -3.75. The third-order valence-corrected chi connectivity index (χ3v) is 19.7. The summed E-state index contributed by atoms with van der Waals surface area (Å²) in [5.41, 5.74) is 6.14. The van der Waals surface area contributed by atoms with Gasteiger partial charge in [-0.3, -0.25) is 4.90 Å². The minimum absolute atomic E-state index is 0.0499. The summed E-state index contributed by atoms with van der Waals surface area (Å²) >= 11 is 1.48. The van der Waals surface area contributed by atoms with E-state index in [1.54, 1.807) is 6.07 Å². The molecule has 5 heterocycles. The third-order valence-electron chi connectivity index (χ3n) is 12.6. The predicted octanol–water partition coefficient (Wildman–Crippen LogP) is 11.7. The summed E-state index contributed by atoms with van der Waals surface area (Å²) in [6.45, 7) is 23.9. The fourth-order valence-corrected chi connectivity index (χ4v) is 16.0. The maximum absolute atomic E-state index is 17.7. The van der Waals surface area contributed by atoms with Crippen LogP contribution in [0.15, 0.2) is 35.5 Å². The number of carbonyl (C=O) groups excluding carboxylic acids is 1. The van der Waals surface area contributed by atoms with Gasteiger partial charge in [-0.2, -0.15) is 0 Å². The Kier molecular flexibility index (Phi) is 11.0. The maximum atomic E-state index is 17.7. The molecule has 1 amide bonds. The monoisotopic (exact) mass is 797 g/mol. The van der Waals surface area contributed by atoms with E-state index in [2.05, 4.69) is 64.8 Å². The predicted molar refractivity (Wildman–Crippen MR) is 228 cm³/mol. The molecule has 2 aromatic carbocycles. The molecule has 2 aromatic heterocycles. The van der Waals surface area contributed by atoms with E-state index in [9.17, 15) is 4.79 Å². The van der Waals surface area contributed by atoms with Crippen LogP contribution >= 0.6 is 11.8 Å². The topological polar surface area (TPSA) is 71.5 Å². The number of nitrogens with zero attached hydrogens (tertiary/aromatic N) is 5. The number of anilines is 1. The highest BCUT2D eigenvalue weighted by Crippen LogP contribution is 2.49. The van der Waals surface area contributed by atoms with Crippen LogP contribution in [0.25, 0.3) is 32.9 Å². The normalized spacial score (nSPS) is 20.9. The van der Waals surface area contributed by atoms with Gasteiger partial charge in [-0.05, 0) is 80.3 Å². The number of piperazine rings is 1. The molecule has 4 atom stereocenters. The van der Waals surface area contributed by atoms with Crippen LogP contribution < -0.4 is 4.90 Å². The molecule has 0 N–H and O–H groups in total. The largest absolute Gasteiger partial charge is 0.444 e. The first kappa shape index (κ1) is 40.4. The molecule has 56 heavy (non-hydrogen) atoms. The summed E-state index contributed by atoms with van der Waals surface area (Å²) < 4.78 is 39.8. The lowest BCUT2D eigenvalue weighted by molar-refractivity contribution is 0.00685. The summed E-state index contributed by atoms with van der Waals surface area (Å²) in [5.74, 6) is 3.77. The molecule has 3 aliphatic heterocycles. The zero-order valence-electron chi connectivity index (χ0n) is 34.9. The number of pyridine rings is 1. The number of carbonyl (C=O) groups is 1. The fourth-order valence-electron chi connectivity index (χ4n) is 10.2. The van der Waals surface area contributed by atoms with Crippen LogP contribution in [0.1, 0.15) is 119 Å². The number of ether oxygens (including phenoxy) is 1. The third kappa shape index (κ3) is 6.76. The number of hydrogen-bond donors (Lipinski definition) is 0. The highest BCUT2D eigenvalue weighted by Gasteiger charge is 2.52. The number of thioether (sulfide) groups is 1. The smallest absolute Gasteiger partial charge is 0.410 e. The Balaban J connectivity index is 1.46. The number of fused-ring (bicyclic) bond motifs is 6. The average molecular weight is 798 g/mol. The van der Waals surface area contributed by atoms with Crippen LogP contribution in [-0.4, -0.2) is 70.0 Å². The van der Waals surface area contributed by atoms with Gasteiger partial charge in [0.15, 0.2) is 11.0 Å². The van der Waals surface area contributed by atoms with Crippen LogP contribution in [0.4, 0.5) is 19.4 Å². The Morgan fingerprint density at radius 1 is 0.964 bits per heavy atom. The van der Waals surface area contributed by atoms with E-state index in [-0.39, 0.29) is 46.9 Å². The molecule has 2 bridgehead atoms. The Morgan fingerprint density at radius 2 is 1.68 bits per heavy atom. The lowest BCUT2D eigenvalue weighted by Gasteiger charge is -2.47. The van der Waals surface area contributed by atoms with Crippen molar-refractivity contribution in [2.75, 3.05) is 17.2 Å². The van der Waals surface area contributed by atoms with Gasteiger partial charge in [-0.25, -0.2) is 28.5 Å². The average Bonchev–Trinajstić information content (AvgIpc) is 3.39. The molecule has 4 aromatic rings. The molecule has 7 rings (SSSR count). The highest BCUT2D eigenvalue weighted by molar-refractivity contribution is 7.99. The van der Waals surface area contributed by atoms with Gasteiger partial charge in [-0.1, -0.05) is 97.3 Å². The summed E-state index contributed by atoms with van der Waals surface area (Å²) in [6, 6.07) is 8.69. The van der Waals surface area contributed by atoms with Crippen LogP contribution in [0.5, 0.6) is 0 Å². The van der Waals surface area contributed by atoms with E-state index in [1.807, 2.05) is 50.8 Å². The van der Waals surface area contributed by atoms with Crippen LogP contribution in [0.2, 0.25) is 16.6 Å². The first-order valence-corrected chi connectivity index (χ1v) is 23.8. The first-order valence-electron chi connectivity index (χ1n) is 20.6. The molecule has 7 nitrogen and oxygen atoms in total. The minimum atomic E-state index is -2.23. The van der Waals surface area contributed by atoms with Crippen molar-refractivity contribution in [1.29, 1.82) is 0 Å². The SMILES string of the molecule is CCSc1nc2c3c(nc(-c4cccc5ccc(F)c(C#C[Si](C(C)C)(C(C)C)C(C)C)c45)c(F)c3n1)[C@@H](CC)C[C@@H]1[C@@H]3CC[C@H](CN21)N3C(=O)OC(C)(C)C.